The van der Waals surface area contributed by atoms with Gasteiger partial charge in [0.15, 0.2) is 0 Å². The second-order valence-corrected chi connectivity index (χ2v) is 8.98. The van der Waals surface area contributed by atoms with Gasteiger partial charge in [0.05, 0.1) is 5.69 Å². The zero-order valence-electron chi connectivity index (χ0n) is 16.9. The van der Waals surface area contributed by atoms with Crippen molar-refractivity contribution in [1.82, 2.24) is 19.3 Å². The van der Waals surface area contributed by atoms with Gasteiger partial charge in [0.2, 0.25) is 5.91 Å². The molecule has 1 saturated heterocycles. The molecule has 0 aromatic carbocycles. The molecule has 0 radical (unpaired) electrons. The molecule has 156 valence electrons. The molecule has 2 N–H and O–H groups in total. The van der Waals surface area contributed by atoms with Gasteiger partial charge in [-0.1, -0.05) is 6.42 Å². The molecule has 5 rings (SSSR count). The minimum Gasteiger partial charge on any atom is -0.366 e. The van der Waals surface area contributed by atoms with Crippen LogP contribution < -0.4 is 16.2 Å². The van der Waals surface area contributed by atoms with Crippen molar-refractivity contribution in [2.24, 2.45) is 5.73 Å². The SMILES string of the molecule is CN1CCN(c2nc3cc(C(N)=O)ccn3c(=O)c2-c2nc(C3CCC3)cs2)CC1. The van der Waals surface area contributed by atoms with Crippen LogP contribution >= 0.6 is 11.3 Å². The number of amides is 1. The van der Waals surface area contributed by atoms with Gasteiger partial charge in [-0.2, -0.15) is 0 Å². The second kappa shape index (κ2) is 7.48. The number of anilines is 1. The van der Waals surface area contributed by atoms with Gasteiger partial charge in [-0.25, -0.2) is 9.97 Å². The molecule has 0 unspecified atom stereocenters. The normalized spacial score (nSPS) is 18.0. The van der Waals surface area contributed by atoms with E-state index in [4.69, 9.17) is 15.7 Å². The summed E-state index contributed by atoms with van der Waals surface area (Å²) in [7, 11) is 2.09. The van der Waals surface area contributed by atoms with Crippen LogP contribution in [0.5, 0.6) is 0 Å². The Kier molecular flexibility index (Phi) is 4.79. The van der Waals surface area contributed by atoms with Crippen molar-refractivity contribution in [3.63, 3.8) is 0 Å². The second-order valence-electron chi connectivity index (χ2n) is 8.12. The Bertz CT molecular complexity index is 1170. The summed E-state index contributed by atoms with van der Waals surface area (Å²) in [5, 5.41) is 2.80. The fourth-order valence-corrected chi connectivity index (χ4v) is 4.94. The van der Waals surface area contributed by atoms with Crippen LogP contribution in [0, 0.1) is 0 Å². The lowest BCUT2D eigenvalue weighted by Gasteiger charge is -2.34. The van der Waals surface area contributed by atoms with Gasteiger partial charge in [0, 0.05) is 49.2 Å². The summed E-state index contributed by atoms with van der Waals surface area (Å²) in [6, 6.07) is 3.13. The largest absolute Gasteiger partial charge is 0.366 e. The van der Waals surface area contributed by atoms with Gasteiger partial charge < -0.3 is 15.5 Å². The van der Waals surface area contributed by atoms with Crippen LogP contribution in [0.2, 0.25) is 0 Å². The van der Waals surface area contributed by atoms with Gasteiger partial charge >= 0.3 is 0 Å². The summed E-state index contributed by atoms with van der Waals surface area (Å²) >= 11 is 1.51. The maximum absolute atomic E-state index is 13.5. The smallest absolute Gasteiger partial charge is 0.270 e. The molecular weight excluding hydrogens is 400 g/mol. The van der Waals surface area contributed by atoms with Crippen LogP contribution in [0.4, 0.5) is 5.82 Å². The number of nitrogens with two attached hydrogens (primary N) is 1. The Balaban J connectivity index is 1.68. The monoisotopic (exact) mass is 424 g/mol. The van der Waals surface area contributed by atoms with Crippen molar-refractivity contribution in [2.75, 3.05) is 38.1 Å². The molecule has 2 aliphatic rings. The fraction of sp³-hybridized carbons (Fsp3) is 0.429. The first kappa shape index (κ1) is 19.2. The van der Waals surface area contributed by atoms with E-state index in [1.165, 1.54) is 35.0 Å². The molecule has 1 saturated carbocycles. The number of pyridine rings is 1. The summed E-state index contributed by atoms with van der Waals surface area (Å²) in [6.45, 7) is 3.35. The van der Waals surface area contributed by atoms with E-state index in [-0.39, 0.29) is 5.56 Å². The highest BCUT2D eigenvalue weighted by atomic mass is 32.1. The quantitative estimate of drug-likeness (QED) is 0.688. The summed E-state index contributed by atoms with van der Waals surface area (Å²) in [5.41, 5.74) is 7.64. The van der Waals surface area contributed by atoms with E-state index in [0.29, 0.717) is 28.5 Å². The van der Waals surface area contributed by atoms with Crippen LogP contribution in [-0.2, 0) is 0 Å². The van der Waals surface area contributed by atoms with E-state index in [0.717, 1.165) is 36.9 Å². The number of carbonyl (C=O) groups is 1. The summed E-state index contributed by atoms with van der Waals surface area (Å²) < 4.78 is 1.48. The molecule has 3 aromatic heterocycles. The Labute approximate surface area is 178 Å². The first-order valence-electron chi connectivity index (χ1n) is 10.3. The first-order valence-corrected chi connectivity index (χ1v) is 11.1. The average Bonchev–Trinajstić information content (AvgIpc) is 3.15. The Hall–Kier alpha value is -2.78. The fourth-order valence-electron chi connectivity index (χ4n) is 4.01. The first-order chi connectivity index (χ1) is 14.5. The number of aromatic nitrogens is 3. The maximum atomic E-state index is 13.5. The van der Waals surface area contributed by atoms with Crippen molar-refractivity contribution < 1.29 is 4.79 Å². The molecule has 9 heteroatoms. The molecule has 8 nitrogen and oxygen atoms in total. The molecule has 0 spiro atoms. The predicted molar refractivity (Wildman–Crippen MR) is 117 cm³/mol. The summed E-state index contributed by atoms with van der Waals surface area (Å²) in [4.78, 5) is 39.2. The minimum absolute atomic E-state index is 0.167. The maximum Gasteiger partial charge on any atom is 0.270 e. The van der Waals surface area contributed by atoms with Crippen LogP contribution in [0.3, 0.4) is 0 Å². The zero-order valence-corrected chi connectivity index (χ0v) is 17.7. The summed E-state index contributed by atoms with van der Waals surface area (Å²) in [5.74, 6) is 0.614. The Morgan fingerprint density at radius 3 is 2.63 bits per heavy atom. The lowest BCUT2D eigenvalue weighted by Crippen LogP contribution is -2.45. The molecule has 2 fully saturated rings. The molecule has 0 bridgehead atoms. The van der Waals surface area contributed by atoms with E-state index in [1.807, 2.05) is 0 Å². The highest BCUT2D eigenvalue weighted by Crippen LogP contribution is 2.39. The van der Waals surface area contributed by atoms with Gasteiger partial charge in [0.1, 0.15) is 22.0 Å². The Morgan fingerprint density at radius 2 is 1.97 bits per heavy atom. The van der Waals surface area contributed by atoms with Crippen LogP contribution in [-0.4, -0.2) is 58.4 Å². The van der Waals surface area contributed by atoms with Gasteiger partial charge in [-0.3, -0.25) is 14.0 Å². The third-order valence-electron chi connectivity index (χ3n) is 6.16. The van der Waals surface area contributed by atoms with Crippen molar-refractivity contribution >= 4 is 28.7 Å². The van der Waals surface area contributed by atoms with Crippen LogP contribution in [0.15, 0.2) is 28.5 Å². The number of thiazole rings is 1. The van der Waals surface area contributed by atoms with E-state index in [2.05, 4.69) is 22.2 Å². The number of hydrogen-bond acceptors (Lipinski definition) is 7. The van der Waals surface area contributed by atoms with Crippen LogP contribution in [0.1, 0.15) is 41.2 Å². The van der Waals surface area contributed by atoms with Gasteiger partial charge in [0.25, 0.3) is 5.56 Å². The molecule has 3 aromatic rings. The number of primary amides is 1. The zero-order chi connectivity index (χ0) is 20.8. The van der Waals surface area contributed by atoms with Crippen molar-refractivity contribution in [1.29, 1.82) is 0 Å². The van der Waals surface area contributed by atoms with Crippen molar-refractivity contribution in [2.45, 2.75) is 25.2 Å². The van der Waals surface area contributed by atoms with Gasteiger partial charge in [-0.05, 0) is 32.0 Å². The van der Waals surface area contributed by atoms with Crippen molar-refractivity contribution in [3.05, 3.63) is 45.3 Å². The number of rotatable bonds is 4. The Morgan fingerprint density at radius 1 is 1.20 bits per heavy atom. The van der Waals surface area contributed by atoms with Gasteiger partial charge in [-0.15, -0.1) is 11.3 Å². The molecular formula is C21H24N6O2S. The predicted octanol–water partition coefficient (Wildman–Crippen LogP) is 1.94. The standard InChI is InChI=1S/C21H24N6O2S/c1-25-7-9-26(10-8-25)19-17(20-23-15(12-30-20)13-3-2-4-13)21(29)27-6-5-14(18(22)28)11-16(27)24-19/h5-6,11-13H,2-4,7-10H2,1H3,(H2,22,28). The van der Waals surface area contributed by atoms with E-state index in [9.17, 15) is 9.59 Å². The number of carbonyl (C=O) groups excluding carboxylic acids is 1. The summed E-state index contributed by atoms with van der Waals surface area (Å²) in [6.07, 6.45) is 5.15. The highest BCUT2D eigenvalue weighted by Gasteiger charge is 2.27. The lowest BCUT2D eigenvalue weighted by atomic mass is 9.83. The third kappa shape index (κ3) is 3.27. The molecule has 30 heavy (non-hydrogen) atoms. The minimum atomic E-state index is -0.540. The molecule has 1 aliphatic heterocycles. The van der Waals surface area contributed by atoms with E-state index >= 15 is 0 Å². The lowest BCUT2D eigenvalue weighted by molar-refractivity contribution is 0.1000. The topological polar surface area (TPSA) is 96.8 Å². The van der Waals surface area contributed by atoms with E-state index in [1.54, 1.807) is 18.3 Å². The highest BCUT2D eigenvalue weighted by molar-refractivity contribution is 7.13. The molecule has 1 amide bonds. The number of piperazine rings is 1. The average molecular weight is 425 g/mol. The van der Waals surface area contributed by atoms with Crippen LogP contribution in [0.25, 0.3) is 16.2 Å². The molecule has 0 atom stereocenters. The number of nitrogens with zero attached hydrogens (tertiary/aromatic N) is 5. The third-order valence-corrected chi connectivity index (χ3v) is 7.04. The number of fused-ring (bicyclic) bond motifs is 1. The number of likely N-dealkylation sites (N-methyl/N-ethyl adjacent to an activating group) is 1. The molecule has 1 aliphatic carbocycles. The van der Waals surface area contributed by atoms with Crippen molar-refractivity contribution in [3.8, 4) is 10.6 Å². The van der Waals surface area contributed by atoms with E-state index < -0.39 is 5.91 Å². The molecule has 4 heterocycles. The number of hydrogen-bond donors (Lipinski definition) is 1.